The molecule has 1 aromatic heterocycles. The van der Waals surface area contributed by atoms with Gasteiger partial charge in [-0.2, -0.15) is 5.10 Å². The van der Waals surface area contributed by atoms with E-state index in [9.17, 15) is 0 Å². The van der Waals surface area contributed by atoms with Crippen LogP contribution in [0, 0.1) is 0 Å². The van der Waals surface area contributed by atoms with Crippen molar-refractivity contribution < 1.29 is 0 Å². The fourth-order valence-corrected chi connectivity index (χ4v) is 3.16. The van der Waals surface area contributed by atoms with Gasteiger partial charge in [0.25, 0.3) is 0 Å². The maximum Gasteiger partial charge on any atom is 0.0642 e. The van der Waals surface area contributed by atoms with Gasteiger partial charge in [0.15, 0.2) is 0 Å². The molecule has 0 spiro atoms. The lowest BCUT2D eigenvalue weighted by Crippen LogP contribution is -2.43. The first-order chi connectivity index (χ1) is 10.3. The Morgan fingerprint density at radius 3 is 2.62 bits per heavy atom. The van der Waals surface area contributed by atoms with E-state index in [1.807, 2.05) is 30.5 Å². The predicted octanol–water partition coefficient (Wildman–Crippen LogP) is 3.55. The predicted molar refractivity (Wildman–Crippen MR) is 90.2 cm³/mol. The lowest BCUT2D eigenvalue weighted by atomic mass is 10.2. The highest BCUT2D eigenvalue weighted by Gasteiger charge is 2.16. The first-order valence-electron chi connectivity index (χ1n) is 7.09. The molecule has 0 saturated carbocycles. The van der Waals surface area contributed by atoms with Crippen molar-refractivity contribution in [1.82, 2.24) is 9.91 Å². The van der Waals surface area contributed by atoms with E-state index in [1.54, 1.807) is 11.3 Å². The second-order valence-electron chi connectivity index (χ2n) is 5.08. The Bertz CT molecular complexity index is 589. The number of piperazine rings is 1. The highest BCUT2D eigenvalue weighted by molar-refractivity contribution is 7.11. The lowest BCUT2D eigenvalue weighted by molar-refractivity contribution is 0.131. The molecule has 1 aliphatic rings. The summed E-state index contributed by atoms with van der Waals surface area (Å²) >= 11 is 7.93. The van der Waals surface area contributed by atoms with Gasteiger partial charge in [0.2, 0.25) is 0 Å². The number of thiophene rings is 1. The third kappa shape index (κ3) is 4.06. The Morgan fingerprint density at radius 1 is 1.10 bits per heavy atom. The van der Waals surface area contributed by atoms with Crippen LogP contribution in [-0.4, -0.2) is 42.3 Å². The molecule has 0 amide bonds. The van der Waals surface area contributed by atoms with Crippen molar-refractivity contribution in [1.29, 1.82) is 0 Å². The summed E-state index contributed by atoms with van der Waals surface area (Å²) in [5.74, 6) is 0. The van der Waals surface area contributed by atoms with Crippen molar-refractivity contribution in [3.63, 3.8) is 0 Å². The molecule has 0 radical (unpaired) electrons. The summed E-state index contributed by atoms with van der Waals surface area (Å²) in [4.78, 5) is 3.63. The third-order valence-corrected chi connectivity index (χ3v) is 4.77. The summed E-state index contributed by atoms with van der Waals surface area (Å²) in [5.41, 5.74) is 1.20. The van der Waals surface area contributed by atoms with Gasteiger partial charge in [0.1, 0.15) is 0 Å². The molecule has 0 atom stereocenters. The first kappa shape index (κ1) is 14.6. The fourth-order valence-electron chi connectivity index (χ4n) is 2.38. The van der Waals surface area contributed by atoms with E-state index in [2.05, 4.69) is 32.5 Å². The quantitative estimate of drug-likeness (QED) is 0.803. The molecule has 2 aromatic rings. The zero-order chi connectivity index (χ0) is 14.5. The molecule has 1 aliphatic heterocycles. The van der Waals surface area contributed by atoms with E-state index in [0.717, 1.165) is 37.7 Å². The van der Waals surface area contributed by atoms with Gasteiger partial charge in [-0.25, -0.2) is 0 Å². The third-order valence-electron chi connectivity index (χ3n) is 3.59. The summed E-state index contributed by atoms with van der Waals surface area (Å²) < 4.78 is 0. The molecule has 110 valence electrons. The second-order valence-corrected chi connectivity index (χ2v) is 6.47. The Kier molecular flexibility index (Phi) is 4.91. The molecule has 21 heavy (non-hydrogen) atoms. The van der Waals surface area contributed by atoms with E-state index in [1.165, 1.54) is 10.4 Å². The molecule has 2 heterocycles. The number of hydrogen-bond acceptors (Lipinski definition) is 4. The Hall–Kier alpha value is -1.36. The van der Waals surface area contributed by atoms with Crippen LogP contribution in [0.15, 0.2) is 46.9 Å². The van der Waals surface area contributed by atoms with Gasteiger partial charge in [-0.15, -0.1) is 11.3 Å². The highest BCUT2D eigenvalue weighted by atomic mass is 35.5. The van der Waals surface area contributed by atoms with Crippen LogP contribution >= 0.6 is 22.9 Å². The lowest BCUT2D eigenvalue weighted by Gasteiger charge is -2.33. The molecule has 3 rings (SSSR count). The van der Waals surface area contributed by atoms with Crippen molar-refractivity contribution >= 4 is 29.2 Å². The summed E-state index contributed by atoms with van der Waals surface area (Å²) in [6, 6.07) is 12.2. The van der Waals surface area contributed by atoms with E-state index in [-0.39, 0.29) is 0 Å². The number of hydrogen-bond donors (Lipinski definition) is 0. The molecule has 1 fully saturated rings. The summed E-state index contributed by atoms with van der Waals surface area (Å²) in [7, 11) is 0. The number of halogens is 1. The van der Waals surface area contributed by atoms with Crippen molar-refractivity contribution in [3.8, 4) is 0 Å². The van der Waals surface area contributed by atoms with Gasteiger partial charge in [-0.05, 0) is 23.1 Å². The van der Waals surface area contributed by atoms with Crippen LogP contribution in [0.3, 0.4) is 0 Å². The van der Waals surface area contributed by atoms with Gasteiger partial charge in [0.05, 0.1) is 6.21 Å². The van der Waals surface area contributed by atoms with Crippen LogP contribution in [0.5, 0.6) is 0 Å². The van der Waals surface area contributed by atoms with Crippen LogP contribution in [0.2, 0.25) is 5.02 Å². The topological polar surface area (TPSA) is 18.8 Å². The van der Waals surface area contributed by atoms with Crippen LogP contribution in [0.25, 0.3) is 0 Å². The average Bonchev–Trinajstić information content (AvgIpc) is 3.02. The molecule has 0 unspecified atom stereocenters. The number of hydrazone groups is 1. The molecular formula is C16H18ClN3S. The molecule has 0 bridgehead atoms. The van der Waals surface area contributed by atoms with Crippen LogP contribution in [-0.2, 0) is 6.54 Å². The maximum atomic E-state index is 6.22. The largest absolute Gasteiger partial charge is 0.295 e. The molecule has 3 nitrogen and oxygen atoms in total. The van der Waals surface area contributed by atoms with Crippen molar-refractivity contribution in [2.45, 2.75) is 6.54 Å². The van der Waals surface area contributed by atoms with Crippen LogP contribution in [0.1, 0.15) is 10.4 Å². The average molecular weight is 320 g/mol. The Morgan fingerprint density at radius 2 is 1.90 bits per heavy atom. The van der Waals surface area contributed by atoms with Crippen molar-refractivity contribution in [3.05, 3.63) is 57.2 Å². The standard InChI is InChI=1S/C16H18ClN3S/c17-16-6-2-1-4-14(16)13-19-7-9-20(10-8-19)18-12-15-5-3-11-21-15/h1-6,11-12H,7-10,13H2. The van der Waals surface area contributed by atoms with Crippen molar-refractivity contribution in [2.75, 3.05) is 26.2 Å². The monoisotopic (exact) mass is 319 g/mol. The SMILES string of the molecule is Clc1ccccc1CN1CCN(N=Cc2cccs2)CC1. The molecule has 5 heteroatoms. The van der Waals surface area contributed by atoms with E-state index in [0.29, 0.717) is 0 Å². The van der Waals surface area contributed by atoms with Gasteiger partial charge in [0, 0.05) is 42.6 Å². The normalized spacial score (nSPS) is 16.7. The summed E-state index contributed by atoms with van der Waals surface area (Å²) in [5, 5.41) is 9.62. The molecule has 0 aliphatic carbocycles. The molecule has 0 N–H and O–H groups in total. The number of benzene rings is 1. The van der Waals surface area contributed by atoms with E-state index >= 15 is 0 Å². The first-order valence-corrected chi connectivity index (χ1v) is 8.35. The number of nitrogens with zero attached hydrogens (tertiary/aromatic N) is 3. The van der Waals surface area contributed by atoms with Crippen LogP contribution in [0.4, 0.5) is 0 Å². The number of rotatable bonds is 4. The smallest absolute Gasteiger partial charge is 0.0642 e. The summed E-state index contributed by atoms with van der Waals surface area (Å²) in [6.45, 7) is 4.89. The zero-order valence-corrected chi connectivity index (χ0v) is 13.4. The van der Waals surface area contributed by atoms with Gasteiger partial charge >= 0.3 is 0 Å². The zero-order valence-electron chi connectivity index (χ0n) is 11.8. The second kappa shape index (κ2) is 7.07. The van der Waals surface area contributed by atoms with Gasteiger partial charge < -0.3 is 0 Å². The maximum absolute atomic E-state index is 6.22. The minimum atomic E-state index is 0.857. The Labute approximate surface area is 134 Å². The molecule has 1 saturated heterocycles. The minimum Gasteiger partial charge on any atom is -0.295 e. The van der Waals surface area contributed by atoms with Crippen LogP contribution < -0.4 is 0 Å². The van der Waals surface area contributed by atoms with E-state index < -0.39 is 0 Å². The minimum absolute atomic E-state index is 0.857. The molecule has 1 aromatic carbocycles. The van der Waals surface area contributed by atoms with E-state index in [4.69, 9.17) is 11.6 Å². The fraction of sp³-hybridized carbons (Fsp3) is 0.312. The molecular weight excluding hydrogens is 302 g/mol. The Balaban J connectivity index is 1.50. The van der Waals surface area contributed by atoms with Gasteiger partial charge in [-0.1, -0.05) is 35.9 Å². The summed E-state index contributed by atoms with van der Waals surface area (Å²) in [6.07, 6.45) is 1.95. The van der Waals surface area contributed by atoms with Gasteiger partial charge in [-0.3, -0.25) is 9.91 Å². The highest BCUT2D eigenvalue weighted by Crippen LogP contribution is 2.18. The van der Waals surface area contributed by atoms with Crippen molar-refractivity contribution in [2.24, 2.45) is 5.10 Å².